The van der Waals surface area contributed by atoms with E-state index < -0.39 is 37.9 Å². The second kappa shape index (κ2) is 12.3. The zero-order valence-electron chi connectivity index (χ0n) is 25.6. The number of morpholine rings is 1. The Labute approximate surface area is 261 Å². The van der Waals surface area contributed by atoms with Crippen molar-refractivity contribution in [1.82, 2.24) is 19.8 Å². The zero-order chi connectivity index (χ0) is 31.9. The Hall–Kier alpha value is -3.59. The van der Waals surface area contributed by atoms with Gasteiger partial charge in [-0.05, 0) is 56.6 Å². The van der Waals surface area contributed by atoms with Crippen molar-refractivity contribution in [1.29, 1.82) is 0 Å². The Morgan fingerprint density at radius 2 is 1.87 bits per heavy atom. The maximum Gasteiger partial charge on any atom is 0.258 e. The quantitative estimate of drug-likeness (QED) is 0.292. The molecule has 3 aliphatic rings. The summed E-state index contributed by atoms with van der Waals surface area (Å²) in [6.07, 6.45) is 2.13. The minimum absolute atomic E-state index is 0.0419. The Kier molecular flexibility index (Phi) is 8.59. The molecule has 0 aliphatic carbocycles. The van der Waals surface area contributed by atoms with Crippen LogP contribution >= 0.6 is 0 Å². The van der Waals surface area contributed by atoms with Crippen LogP contribution in [0, 0.1) is 11.6 Å². The van der Waals surface area contributed by atoms with Gasteiger partial charge in [-0.15, -0.1) is 0 Å². The Balaban J connectivity index is 1.29. The van der Waals surface area contributed by atoms with Crippen LogP contribution in [-0.4, -0.2) is 80.3 Å². The number of ether oxygens (including phenoxy) is 1. The first kappa shape index (κ1) is 31.4. The number of nitrogens with one attached hydrogen (secondary N) is 4. The van der Waals surface area contributed by atoms with Crippen molar-refractivity contribution < 1.29 is 26.7 Å². The summed E-state index contributed by atoms with van der Waals surface area (Å²) in [4.78, 5) is 15.6. The molecule has 3 aromatic rings. The van der Waals surface area contributed by atoms with Gasteiger partial charge in [0.1, 0.15) is 11.6 Å². The summed E-state index contributed by atoms with van der Waals surface area (Å²) in [5, 5.41) is 17.3. The van der Waals surface area contributed by atoms with E-state index in [0.29, 0.717) is 41.8 Å². The monoisotopic (exact) mass is 643 g/mol. The van der Waals surface area contributed by atoms with Gasteiger partial charge in [-0.25, -0.2) is 17.2 Å². The lowest BCUT2D eigenvalue weighted by Gasteiger charge is -2.36. The number of amides is 1. The largest absolute Gasteiger partial charge is 0.380 e. The second-order valence-corrected chi connectivity index (χ2v) is 14.5. The molecular formula is C31H39F2N7O4S. The van der Waals surface area contributed by atoms with Crippen molar-refractivity contribution in [3.05, 3.63) is 64.9 Å². The topological polar surface area (TPSA) is 132 Å². The first-order valence-electron chi connectivity index (χ1n) is 15.2. The minimum atomic E-state index is -4.27. The number of carbonyl (C=O) groups excluding carboxylic acids is 1. The number of aromatic amines is 1. The van der Waals surface area contributed by atoms with Gasteiger partial charge in [0.05, 0.1) is 23.7 Å². The lowest BCUT2D eigenvalue weighted by Crippen LogP contribution is -2.45. The molecule has 2 atom stereocenters. The molecular weight excluding hydrogens is 604 g/mol. The number of sulfonamides is 1. The summed E-state index contributed by atoms with van der Waals surface area (Å²) in [7, 11) is -4.27. The van der Waals surface area contributed by atoms with Crippen LogP contribution in [0.15, 0.2) is 41.3 Å². The van der Waals surface area contributed by atoms with Crippen LogP contribution in [0.2, 0.25) is 0 Å². The average Bonchev–Trinajstić information content (AvgIpc) is 3.68. The average molecular weight is 644 g/mol. The third kappa shape index (κ3) is 6.41. The van der Waals surface area contributed by atoms with Crippen molar-refractivity contribution in [3.63, 3.8) is 0 Å². The van der Waals surface area contributed by atoms with Crippen molar-refractivity contribution >= 4 is 33.1 Å². The van der Waals surface area contributed by atoms with Crippen LogP contribution < -0.4 is 20.9 Å². The maximum absolute atomic E-state index is 14.0. The van der Waals surface area contributed by atoms with Crippen molar-refractivity contribution in [2.45, 2.75) is 62.6 Å². The molecule has 1 unspecified atom stereocenters. The standard InChI is InChI=1S/C31H39F2N7O4S/c1-19(26-5-4-8-34-26)35-27-16-22(39-9-11-44-12-10-39)6-7-24(27)30(41)36-29-25-17-40(18-31(2,3)28(25)37-38-29)45(42,43)23-14-20(32)13-21(33)15-23/h6-7,13-16,19,26,34-35H,4-5,8-12,17-18H2,1-3H3,(H2,36,37,38,41)/t19-,26?/m0/s1. The van der Waals surface area contributed by atoms with E-state index in [-0.39, 0.29) is 31.0 Å². The van der Waals surface area contributed by atoms with Gasteiger partial charge < -0.3 is 25.6 Å². The number of anilines is 3. The van der Waals surface area contributed by atoms with Gasteiger partial charge in [-0.1, -0.05) is 13.8 Å². The predicted molar refractivity (Wildman–Crippen MR) is 167 cm³/mol. The molecule has 14 heteroatoms. The van der Waals surface area contributed by atoms with Gasteiger partial charge >= 0.3 is 0 Å². The molecule has 0 saturated carbocycles. The Morgan fingerprint density at radius 1 is 1.13 bits per heavy atom. The number of hydrogen-bond donors (Lipinski definition) is 4. The predicted octanol–water partition coefficient (Wildman–Crippen LogP) is 3.81. The highest BCUT2D eigenvalue weighted by atomic mass is 32.2. The maximum atomic E-state index is 14.0. The molecule has 6 rings (SSSR count). The highest BCUT2D eigenvalue weighted by Crippen LogP contribution is 2.38. The number of carbonyl (C=O) groups is 1. The lowest BCUT2D eigenvalue weighted by atomic mass is 9.84. The molecule has 0 radical (unpaired) electrons. The number of rotatable bonds is 8. The summed E-state index contributed by atoms with van der Waals surface area (Å²) in [6, 6.07) is 8.25. The number of H-pyrrole nitrogens is 1. The fraction of sp³-hybridized carbons (Fsp3) is 0.484. The molecule has 45 heavy (non-hydrogen) atoms. The fourth-order valence-electron chi connectivity index (χ4n) is 6.46. The fourth-order valence-corrected chi connectivity index (χ4v) is 8.07. The van der Waals surface area contributed by atoms with Crippen LogP contribution in [0.1, 0.15) is 55.2 Å². The van der Waals surface area contributed by atoms with E-state index in [1.165, 1.54) is 0 Å². The number of nitrogens with zero attached hydrogens (tertiary/aromatic N) is 3. The van der Waals surface area contributed by atoms with Gasteiger partial charge in [-0.3, -0.25) is 9.89 Å². The molecule has 0 spiro atoms. The number of halogens is 2. The SMILES string of the molecule is C[C@H](Nc1cc(N2CCOCC2)ccc1C(=O)Nc1n[nH]c2c1CN(S(=O)(=O)c1cc(F)cc(F)c1)CC2(C)C)C1CCCN1. The van der Waals surface area contributed by atoms with Gasteiger partial charge in [0, 0.05) is 72.4 Å². The molecule has 4 heterocycles. The summed E-state index contributed by atoms with van der Waals surface area (Å²) < 4.78 is 61.7. The van der Waals surface area contributed by atoms with E-state index >= 15 is 0 Å². The summed E-state index contributed by atoms with van der Waals surface area (Å²) in [6.45, 7) is 9.41. The molecule has 2 saturated heterocycles. The van der Waals surface area contributed by atoms with Crippen molar-refractivity contribution in [2.75, 3.05) is 54.9 Å². The van der Waals surface area contributed by atoms with Crippen molar-refractivity contribution in [2.24, 2.45) is 0 Å². The molecule has 2 aromatic carbocycles. The van der Waals surface area contributed by atoms with Crippen LogP contribution in [-0.2, 0) is 26.7 Å². The van der Waals surface area contributed by atoms with Gasteiger partial charge in [0.25, 0.3) is 5.91 Å². The summed E-state index contributed by atoms with van der Waals surface area (Å²) in [5.41, 5.74) is 2.51. The molecule has 242 valence electrons. The molecule has 1 aromatic heterocycles. The molecule has 3 aliphatic heterocycles. The van der Waals surface area contributed by atoms with Crippen LogP contribution in [0.4, 0.5) is 26.0 Å². The summed E-state index contributed by atoms with van der Waals surface area (Å²) >= 11 is 0. The molecule has 0 bridgehead atoms. The highest BCUT2D eigenvalue weighted by Gasteiger charge is 2.41. The van der Waals surface area contributed by atoms with Crippen LogP contribution in [0.5, 0.6) is 0 Å². The normalized spacial score (nSPS) is 20.9. The van der Waals surface area contributed by atoms with Crippen LogP contribution in [0.25, 0.3) is 0 Å². The number of hydrogen-bond acceptors (Lipinski definition) is 8. The zero-order valence-corrected chi connectivity index (χ0v) is 26.4. The molecule has 1 amide bonds. The smallest absolute Gasteiger partial charge is 0.258 e. The van der Waals surface area contributed by atoms with E-state index in [9.17, 15) is 22.0 Å². The van der Waals surface area contributed by atoms with Crippen molar-refractivity contribution in [3.8, 4) is 0 Å². The first-order chi connectivity index (χ1) is 21.4. The van der Waals surface area contributed by atoms with E-state index in [4.69, 9.17) is 4.74 Å². The number of benzene rings is 2. The Bertz CT molecular complexity index is 1660. The third-order valence-electron chi connectivity index (χ3n) is 8.86. The third-order valence-corrected chi connectivity index (χ3v) is 10.6. The van der Waals surface area contributed by atoms with E-state index in [2.05, 4.69) is 38.0 Å². The van der Waals surface area contributed by atoms with E-state index in [1.807, 2.05) is 26.0 Å². The van der Waals surface area contributed by atoms with E-state index in [0.717, 1.165) is 54.6 Å². The number of fused-ring (bicyclic) bond motifs is 1. The van der Waals surface area contributed by atoms with Crippen LogP contribution in [0.3, 0.4) is 0 Å². The summed E-state index contributed by atoms with van der Waals surface area (Å²) in [5.74, 6) is -2.17. The first-order valence-corrected chi connectivity index (χ1v) is 16.7. The van der Waals surface area contributed by atoms with Gasteiger partial charge in [0.2, 0.25) is 10.0 Å². The van der Waals surface area contributed by atoms with Gasteiger partial charge in [0.15, 0.2) is 5.82 Å². The number of aromatic nitrogens is 2. The second-order valence-electron chi connectivity index (χ2n) is 12.6. The molecule has 4 N–H and O–H groups in total. The minimum Gasteiger partial charge on any atom is -0.380 e. The highest BCUT2D eigenvalue weighted by molar-refractivity contribution is 7.89. The molecule has 11 nitrogen and oxygen atoms in total. The molecule has 2 fully saturated rings. The Morgan fingerprint density at radius 3 is 2.56 bits per heavy atom. The van der Waals surface area contributed by atoms with Gasteiger partial charge in [-0.2, -0.15) is 9.40 Å². The lowest BCUT2D eigenvalue weighted by molar-refractivity contribution is 0.102. The van der Waals surface area contributed by atoms with E-state index in [1.54, 1.807) is 6.07 Å².